The van der Waals surface area contributed by atoms with E-state index in [2.05, 4.69) is 17.0 Å². The quantitative estimate of drug-likeness (QED) is 0.696. The van der Waals surface area contributed by atoms with Gasteiger partial charge in [-0.05, 0) is 12.0 Å². The van der Waals surface area contributed by atoms with Gasteiger partial charge >= 0.3 is 0 Å². The highest BCUT2D eigenvalue weighted by atomic mass is 16.5. The van der Waals surface area contributed by atoms with Crippen molar-refractivity contribution < 1.29 is 9.53 Å². The Balaban J connectivity index is 1.69. The molecule has 0 unspecified atom stereocenters. The van der Waals surface area contributed by atoms with E-state index in [1.165, 1.54) is 5.56 Å². The third-order valence-electron chi connectivity index (χ3n) is 3.40. The maximum atomic E-state index is 11.1. The molecule has 1 aliphatic rings. The molecule has 1 aromatic rings. The first-order valence-corrected chi connectivity index (χ1v) is 6.92. The monoisotopic (exact) mass is 262 g/mol. The van der Waals surface area contributed by atoms with E-state index in [0.717, 1.165) is 52.2 Å². The van der Waals surface area contributed by atoms with Crippen LogP contribution in [0.2, 0.25) is 0 Å². The van der Waals surface area contributed by atoms with Gasteiger partial charge in [0.2, 0.25) is 6.41 Å². The molecule has 0 aromatic heterocycles. The highest BCUT2D eigenvalue weighted by Gasteiger charge is 2.10. The number of hydrogen-bond acceptors (Lipinski definition) is 3. The number of carbonyl (C=O) groups is 1. The van der Waals surface area contributed by atoms with Crippen LogP contribution in [0.1, 0.15) is 12.0 Å². The second kappa shape index (κ2) is 7.92. The van der Waals surface area contributed by atoms with E-state index in [-0.39, 0.29) is 0 Å². The van der Waals surface area contributed by atoms with Crippen molar-refractivity contribution in [2.24, 2.45) is 0 Å². The maximum Gasteiger partial charge on any atom is 0.210 e. The van der Waals surface area contributed by atoms with Crippen LogP contribution in [0.4, 0.5) is 0 Å². The van der Waals surface area contributed by atoms with Crippen molar-refractivity contribution >= 4 is 6.41 Å². The second-order valence-corrected chi connectivity index (χ2v) is 4.87. The van der Waals surface area contributed by atoms with Gasteiger partial charge in [0.05, 0.1) is 13.2 Å². The van der Waals surface area contributed by atoms with Gasteiger partial charge in [0.1, 0.15) is 0 Å². The number of rotatable bonds is 7. The molecular weight excluding hydrogens is 240 g/mol. The summed E-state index contributed by atoms with van der Waals surface area (Å²) < 4.78 is 5.32. The van der Waals surface area contributed by atoms with Crippen molar-refractivity contribution in [1.82, 2.24) is 9.80 Å². The molecule has 2 rings (SSSR count). The van der Waals surface area contributed by atoms with Crippen LogP contribution >= 0.6 is 0 Å². The van der Waals surface area contributed by atoms with Crippen LogP contribution < -0.4 is 0 Å². The van der Waals surface area contributed by atoms with Gasteiger partial charge in [-0.3, -0.25) is 9.69 Å². The molecule has 104 valence electrons. The summed E-state index contributed by atoms with van der Waals surface area (Å²) in [7, 11) is 0. The van der Waals surface area contributed by atoms with E-state index in [1.807, 2.05) is 23.1 Å². The van der Waals surface area contributed by atoms with Crippen LogP contribution in [0.15, 0.2) is 30.3 Å². The normalized spacial score (nSPS) is 16.2. The fourth-order valence-electron chi connectivity index (χ4n) is 2.31. The van der Waals surface area contributed by atoms with E-state index in [0.29, 0.717) is 6.54 Å². The molecule has 1 aliphatic heterocycles. The Hall–Kier alpha value is -1.39. The number of morpholine rings is 1. The molecule has 0 bridgehead atoms. The highest BCUT2D eigenvalue weighted by molar-refractivity contribution is 5.47. The summed E-state index contributed by atoms with van der Waals surface area (Å²) in [5.74, 6) is 0. The van der Waals surface area contributed by atoms with Crippen molar-refractivity contribution in [3.05, 3.63) is 35.9 Å². The number of amides is 1. The van der Waals surface area contributed by atoms with Gasteiger partial charge in [-0.2, -0.15) is 0 Å². The number of benzene rings is 1. The fourth-order valence-corrected chi connectivity index (χ4v) is 2.31. The first-order valence-electron chi connectivity index (χ1n) is 6.92. The average molecular weight is 262 g/mol. The Bertz CT molecular complexity index is 364. The van der Waals surface area contributed by atoms with Crippen molar-refractivity contribution in [2.45, 2.75) is 13.0 Å². The van der Waals surface area contributed by atoms with Gasteiger partial charge in [0.25, 0.3) is 0 Å². The summed E-state index contributed by atoms with van der Waals surface area (Å²) in [6, 6.07) is 10.1. The molecular formula is C15H22N2O2. The van der Waals surface area contributed by atoms with Gasteiger partial charge in [-0.1, -0.05) is 30.3 Å². The maximum absolute atomic E-state index is 11.1. The SMILES string of the molecule is O=CN(CCCN1CCOCC1)Cc1ccccc1. The van der Waals surface area contributed by atoms with E-state index in [4.69, 9.17) is 4.74 Å². The summed E-state index contributed by atoms with van der Waals surface area (Å²) in [5, 5.41) is 0. The number of nitrogens with zero attached hydrogens (tertiary/aromatic N) is 2. The molecule has 0 spiro atoms. The molecule has 0 aliphatic carbocycles. The molecule has 1 saturated heterocycles. The number of carbonyl (C=O) groups excluding carboxylic acids is 1. The number of hydrogen-bond donors (Lipinski definition) is 0. The van der Waals surface area contributed by atoms with Crippen LogP contribution in [-0.4, -0.2) is 55.6 Å². The Morgan fingerprint density at radius 2 is 1.95 bits per heavy atom. The first-order chi connectivity index (χ1) is 9.38. The van der Waals surface area contributed by atoms with E-state index < -0.39 is 0 Å². The third-order valence-corrected chi connectivity index (χ3v) is 3.40. The smallest absolute Gasteiger partial charge is 0.210 e. The third kappa shape index (κ3) is 5.01. The standard InChI is InChI=1S/C15H22N2O2/c18-14-17(13-15-5-2-1-3-6-15)8-4-7-16-9-11-19-12-10-16/h1-3,5-6,14H,4,7-13H2. The van der Waals surface area contributed by atoms with Gasteiger partial charge in [-0.15, -0.1) is 0 Å². The predicted octanol–water partition coefficient (Wildman–Crippen LogP) is 1.37. The minimum atomic E-state index is 0.702. The topological polar surface area (TPSA) is 32.8 Å². The lowest BCUT2D eigenvalue weighted by molar-refractivity contribution is -0.118. The van der Waals surface area contributed by atoms with Crippen LogP contribution in [0.3, 0.4) is 0 Å². The molecule has 1 heterocycles. The van der Waals surface area contributed by atoms with Crippen LogP contribution in [0, 0.1) is 0 Å². The Morgan fingerprint density at radius 1 is 1.21 bits per heavy atom. The summed E-state index contributed by atoms with van der Waals surface area (Å²) in [6.45, 7) is 6.26. The highest BCUT2D eigenvalue weighted by Crippen LogP contribution is 2.04. The van der Waals surface area contributed by atoms with E-state index >= 15 is 0 Å². The van der Waals surface area contributed by atoms with Gasteiger partial charge < -0.3 is 9.64 Å². The largest absolute Gasteiger partial charge is 0.379 e. The van der Waals surface area contributed by atoms with Crippen molar-refractivity contribution in [3.8, 4) is 0 Å². The fraction of sp³-hybridized carbons (Fsp3) is 0.533. The lowest BCUT2D eigenvalue weighted by Gasteiger charge is -2.27. The summed E-state index contributed by atoms with van der Waals surface area (Å²) >= 11 is 0. The Labute approximate surface area is 115 Å². The van der Waals surface area contributed by atoms with Crippen LogP contribution in [-0.2, 0) is 16.1 Å². The van der Waals surface area contributed by atoms with Gasteiger partial charge in [0, 0.05) is 32.7 Å². The summed E-state index contributed by atoms with van der Waals surface area (Å²) in [6.07, 6.45) is 1.97. The molecule has 1 aromatic carbocycles. The molecule has 19 heavy (non-hydrogen) atoms. The molecule has 0 saturated carbocycles. The van der Waals surface area contributed by atoms with Gasteiger partial charge in [-0.25, -0.2) is 0 Å². The van der Waals surface area contributed by atoms with Crippen LogP contribution in [0.5, 0.6) is 0 Å². The minimum Gasteiger partial charge on any atom is -0.379 e. The first kappa shape index (κ1) is 14.0. The molecule has 1 fully saturated rings. The van der Waals surface area contributed by atoms with Crippen molar-refractivity contribution in [2.75, 3.05) is 39.4 Å². The second-order valence-electron chi connectivity index (χ2n) is 4.87. The minimum absolute atomic E-state index is 0.702. The average Bonchev–Trinajstić information content (AvgIpc) is 2.48. The molecule has 0 radical (unpaired) electrons. The summed E-state index contributed by atoms with van der Waals surface area (Å²) in [5.41, 5.74) is 1.18. The predicted molar refractivity (Wildman–Crippen MR) is 74.8 cm³/mol. The Kier molecular flexibility index (Phi) is 5.85. The van der Waals surface area contributed by atoms with Crippen molar-refractivity contribution in [3.63, 3.8) is 0 Å². The van der Waals surface area contributed by atoms with Crippen LogP contribution in [0.25, 0.3) is 0 Å². The zero-order valence-corrected chi connectivity index (χ0v) is 11.3. The lowest BCUT2D eigenvalue weighted by Crippen LogP contribution is -2.38. The molecule has 0 atom stereocenters. The van der Waals surface area contributed by atoms with E-state index in [1.54, 1.807) is 0 Å². The number of ether oxygens (including phenoxy) is 1. The van der Waals surface area contributed by atoms with Crippen molar-refractivity contribution in [1.29, 1.82) is 0 Å². The zero-order valence-electron chi connectivity index (χ0n) is 11.3. The zero-order chi connectivity index (χ0) is 13.3. The summed E-state index contributed by atoms with van der Waals surface area (Å²) in [4.78, 5) is 15.3. The van der Waals surface area contributed by atoms with Gasteiger partial charge in [0.15, 0.2) is 0 Å². The Morgan fingerprint density at radius 3 is 2.63 bits per heavy atom. The molecule has 4 heteroatoms. The molecule has 4 nitrogen and oxygen atoms in total. The van der Waals surface area contributed by atoms with E-state index in [9.17, 15) is 4.79 Å². The lowest BCUT2D eigenvalue weighted by atomic mass is 10.2. The molecule has 1 amide bonds. The molecule has 0 N–H and O–H groups in total.